The van der Waals surface area contributed by atoms with Gasteiger partial charge in [0.2, 0.25) is 5.91 Å². The van der Waals surface area contributed by atoms with E-state index in [0.29, 0.717) is 12.8 Å². The standard InChI is InChI=1S/C56H99NO8/c1-3-5-7-9-11-13-15-17-19-21-23-24-25-26-28-29-31-33-35-37-39-41-43-45-50(59)49(48-64-56-55(63)54(62)53(61)51(47-58)65-56)57-52(60)46-44-42-40-38-36-34-32-30-27-22-20-18-16-14-12-10-8-6-4-2/h6,8,12,14,18,20,27,30,34,36,40,42,49-51,53-56,58-59,61-63H,3-5,7,9-11,13,15-17,19,21-26,28-29,31-33,35,37-39,41,43-48H2,1-2H3,(H,57,60)/b8-6-,14-12-,20-18-,30-27-,36-34-,42-40-. The smallest absolute Gasteiger partial charge is 0.220 e. The minimum absolute atomic E-state index is 0.172. The zero-order chi connectivity index (χ0) is 47.3. The van der Waals surface area contributed by atoms with E-state index < -0.39 is 49.5 Å². The van der Waals surface area contributed by atoms with Crippen LogP contribution in [0.2, 0.25) is 0 Å². The SMILES string of the molecule is CC/C=C\C/C=C\C/C=C\C/C=C\C/C=C\C/C=C\CCC(=O)NC(COC1OC(CO)C(O)C(O)C1O)C(O)CCCCCCCCCCCCCCCCCCCCCCCCC. The molecule has 7 unspecified atom stereocenters. The molecule has 1 amide bonds. The van der Waals surface area contributed by atoms with Gasteiger partial charge in [0.05, 0.1) is 25.4 Å². The van der Waals surface area contributed by atoms with Gasteiger partial charge in [0.25, 0.3) is 0 Å². The lowest BCUT2D eigenvalue weighted by Crippen LogP contribution is -2.60. The summed E-state index contributed by atoms with van der Waals surface area (Å²) < 4.78 is 11.3. The number of hydrogen-bond donors (Lipinski definition) is 6. The van der Waals surface area contributed by atoms with Gasteiger partial charge in [-0.3, -0.25) is 4.79 Å². The molecule has 0 aromatic rings. The molecule has 0 aliphatic carbocycles. The van der Waals surface area contributed by atoms with E-state index in [1.807, 2.05) is 12.2 Å². The van der Waals surface area contributed by atoms with Gasteiger partial charge in [-0.1, -0.05) is 234 Å². The summed E-state index contributed by atoms with van der Waals surface area (Å²) in [6.45, 7) is 3.69. The van der Waals surface area contributed by atoms with E-state index in [-0.39, 0.29) is 18.9 Å². The molecule has 1 aliphatic heterocycles. The van der Waals surface area contributed by atoms with Crippen LogP contribution in [0.1, 0.15) is 219 Å². The molecule has 7 atom stereocenters. The number of aliphatic hydroxyl groups excluding tert-OH is 5. The first-order valence-electron chi connectivity index (χ1n) is 26.6. The number of carbonyl (C=O) groups excluding carboxylic acids is 1. The number of nitrogens with one attached hydrogen (secondary N) is 1. The Morgan fingerprint density at radius 3 is 1.32 bits per heavy atom. The molecule has 376 valence electrons. The summed E-state index contributed by atoms with van der Waals surface area (Å²) >= 11 is 0. The highest BCUT2D eigenvalue weighted by atomic mass is 16.7. The van der Waals surface area contributed by atoms with Gasteiger partial charge in [-0.05, 0) is 51.4 Å². The second kappa shape index (κ2) is 45.4. The number of ether oxygens (including phenoxy) is 2. The van der Waals surface area contributed by atoms with Crippen LogP contribution in [0.4, 0.5) is 0 Å². The minimum Gasteiger partial charge on any atom is -0.394 e. The van der Waals surface area contributed by atoms with Crippen LogP contribution in [0, 0.1) is 0 Å². The van der Waals surface area contributed by atoms with E-state index in [1.54, 1.807) is 0 Å². The number of amides is 1. The van der Waals surface area contributed by atoms with Crippen molar-refractivity contribution in [3.8, 4) is 0 Å². The Kier molecular flexibility index (Phi) is 42.4. The Morgan fingerprint density at radius 2 is 0.923 bits per heavy atom. The molecule has 6 N–H and O–H groups in total. The average Bonchev–Trinajstić information content (AvgIpc) is 3.31. The fourth-order valence-electron chi connectivity index (χ4n) is 8.13. The first kappa shape index (κ1) is 60.6. The average molecular weight is 914 g/mol. The monoisotopic (exact) mass is 914 g/mol. The third-order valence-corrected chi connectivity index (χ3v) is 12.3. The lowest BCUT2D eigenvalue weighted by Gasteiger charge is -2.40. The van der Waals surface area contributed by atoms with Gasteiger partial charge in [-0.15, -0.1) is 0 Å². The van der Waals surface area contributed by atoms with Crippen LogP contribution in [-0.2, 0) is 14.3 Å². The first-order chi connectivity index (χ1) is 31.8. The maximum absolute atomic E-state index is 13.0. The van der Waals surface area contributed by atoms with Crippen LogP contribution in [0.25, 0.3) is 0 Å². The molecule has 9 nitrogen and oxygen atoms in total. The zero-order valence-electron chi connectivity index (χ0n) is 41.5. The summed E-state index contributed by atoms with van der Waals surface area (Å²) in [5, 5.41) is 54.5. The molecule has 9 heteroatoms. The molecule has 65 heavy (non-hydrogen) atoms. The fraction of sp³-hybridized carbons (Fsp3) is 0.768. The summed E-state index contributed by atoms with van der Waals surface area (Å²) in [6, 6.07) is -0.764. The van der Waals surface area contributed by atoms with Crippen molar-refractivity contribution in [3.63, 3.8) is 0 Å². The van der Waals surface area contributed by atoms with E-state index >= 15 is 0 Å². The molecule has 0 saturated carbocycles. The maximum atomic E-state index is 13.0. The summed E-state index contributed by atoms with van der Waals surface area (Å²) in [5.74, 6) is -0.227. The second-order valence-corrected chi connectivity index (χ2v) is 18.3. The predicted octanol–water partition coefficient (Wildman–Crippen LogP) is 12.5. The Labute approximate surface area is 398 Å². The van der Waals surface area contributed by atoms with Crippen molar-refractivity contribution in [2.75, 3.05) is 13.2 Å². The van der Waals surface area contributed by atoms with E-state index in [2.05, 4.69) is 79.9 Å². The topological polar surface area (TPSA) is 149 Å². The van der Waals surface area contributed by atoms with E-state index in [9.17, 15) is 30.3 Å². The van der Waals surface area contributed by atoms with Crippen molar-refractivity contribution in [3.05, 3.63) is 72.9 Å². The number of allylic oxidation sites excluding steroid dienone is 12. The number of unbranched alkanes of at least 4 members (excludes halogenated alkanes) is 22. The summed E-state index contributed by atoms with van der Waals surface area (Å²) in [4.78, 5) is 13.0. The highest BCUT2D eigenvalue weighted by Crippen LogP contribution is 2.23. The normalized spacial score (nSPS) is 20.5. The quantitative estimate of drug-likeness (QED) is 0.0261. The number of aliphatic hydroxyl groups is 5. The Bertz CT molecular complexity index is 1240. The Balaban J connectivity index is 2.30. The molecule has 0 spiro atoms. The molecule has 0 radical (unpaired) electrons. The molecular formula is C56H99NO8. The molecule has 0 bridgehead atoms. The van der Waals surface area contributed by atoms with Crippen LogP contribution in [0.5, 0.6) is 0 Å². The van der Waals surface area contributed by atoms with Crippen LogP contribution in [-0.4, -0.2) is 87.5 Å². The van der Waals surface area contributed by atoms with Gasteiger partial charge in [-0.25, -0.2) is 0 Å². The van der Waals surface area contributed by atoms with Gasteiger partial charge in [-0.2, -0.15) is 0 Å². The lowest BCUT2D eigenvalue weighted by atomic mass is 9.99. The van der Waals surface area contributed by atoms with Gasteiger partial charge < -0.3 is 40.3 Å². The molecule has 1 heterocycles. The number of carbonyl (C=O) groups is 1. The molecule has 1 aliphatic rings. The van der Waals surface area contributed by atoms with Crippen LogP contribution in [0.3, 0.4) is 0 Å². The molecular weight excluding hydrogens is 815 g/mol. The van der Waals surface area contributed by atoms with Crippen molar-refractivity contribution in [1.82, 2.24) is 5.32 Å². The van der Waals surface area contributed by atoms with Gasteiger partial charge in [0, 0.05) is 6.42 Å². The molecule has 1 rings (SSSR count). The van der Waals surface area contributed by atoms with Crippen LogP contribution >= 0.6 is 0 Å². The van der Waals surface area contributed by atoms with Crippen LogP contribution < -0.4 is 5.32 Å². The Morgan fingerprint density at radius 1 is 0.538 bits per heavy atom. The number of rotatable bonds is 44. The highest BCUT2D eigenvalue weighted by molar-refractivity contribution is 5.76. The predicted molar refractivity (Wildman–Crippen MR) is 272 cm³/mol. The van der Waals surface area contributed by atoms with Gasteiger partial charge in [0.1, 0.15) is 24.4 Å². The van der Waals surface area contributed by atoms with Crippen molar-refractivity contribution >= 4 is 5.91 Å². The molecule has 0 aromatic heterocycles. The van der Waals surface area contributed by atoms with E-state index in [1.165, 1.54) is 128 Å². The summed E-state index contributed by atoms with van der Waals surface area (Å²) in [6.07, 6.45) is 55.0. The number of hydrogen-bond acceptors (Lipinski definition) is 8. The third-order valence-electron chi connectivity index (χ3n) is 12.3. The lowest BCUT2D eigenvalue weighted by molar-refractivity contribution is -0.302. The minimum atomic E-state index is -1.57. The summed E-state index contributed by atoms with van der Waals surface area (Å²) in [7, 11) is 0. The largest absolute Gasteiger partial charge is 0.394 e. The van der Waals surface area contributed by atoms with E-state index in [0.717, 1.165) is 57.8 Å². The molecule has 1 saturated heterocycles. The fourth-order valence-corrected chi connectivity index (χ4v) is 8.13. The molecule has 1 fully saturated rings. The maximum Gasteiger partial charge on any atom is 0.220 e. The van der Waals surface area contributed by atoms with Gasteiger partial charge in [0.15, 0.2) is 6.29 Å². The first-order valence-corrected chi connectivity index (χ1v) is 26.6. The van der Waals surface area contributed by atoms with Crippen molar-refractivity contribution < 1.29 is 39.8 Å². The molecule has 0 aromatic carbocycles. The second-order valence-electron chi connectivity index (χ2n) is 18.3. The van der Waals surface area contributed by atoms with Crippen molar-refractivity contribution in [2.45, 2.75) is 262 Å². The Hall–Kier alpha value is -2.37. The van der Waals surface area contributed by atoms with E-state index in [4.69, 9.17) is 9.47 Å². The highest BCUT2D eigenvalue weighted by Gasteiger charge is 2.44. The van der Waals surface area contributed by atoms with Crippen molar-refractivity contribution in [2.24, 2.45) is 0 Å². The van der Waals surface area contributed by atoms with Crippen LogP contribution in [0.15, 0.2) is 72.9 Å². The third kappa shape index (κ3) is 35.4. The summed E-state index contributed by atoms with van der Waals surface area (Å²) in [5.41, 5.74) is 0. The van der Waals surface area contributed by atoms with Gasteiger partial charge >= 0.3 is 0 Å². The van der Waals surface area contributed by atoms with Crippen molar-refractivity contribution in [1.29, 1.82) is 0 Å². The zero-order valence-corrected chi connectivity index (χ0v) is 41.5.